The number of nitrogens with zero attached hydrogens (tertiary/aromatic N) is 3. The second kappa shape index (κ2) is 7.81. The molecule has 3 rings (SSSR count). The molecule has 0 unspecified atom stereocenters. The Morgan fingerprint density at radius 2 is 1.92 bits per heavy atom. The van der Waals surface area contributed by atoms with Crippen LogP contribution in [0.3, 0.4) is 0 Å². The first-order chi connectivity index (χ1) is 12.1. The van der Waals surface area contributed by atoms with Crippen molar-refractivity contribution in [1.82, 2.24) is 15.2 Å². The number of hydrogen-bond donors (Lipinski definition) is 2. The number of hydrogen-bond acceptors (Lipinski definition) is 6. The van der Waals surface area contributed by atoms with Gasteiger partial charge in [-0.25, -0.2) is 0 Å². The lowest BCUT2D eigenvalue weighted by molar-refractivity contribution is 0.414. The summed E-state index contributed by atoms with van der Waals surface area (Å²) in [6, 6.07) is 13.4. The summed E-state index contributed by atoms with van der Waals surface area (Å²) in [7, 11) is 1.65. The SMILES string of the molecule is COc1ccc(CNc2cnnc(Nc3ccc(Cl)cc3C)n2)cc1. The van der Waals surface area contributed by atoms with Crippen molar-refractivity contribution in [1.29, 1.82) is 0 Å². The average molecular weight is 356 g/mol. The van der Waals surface area contributed by atoms with Crippen molar-refractivity contribution < 1.29 is 4.74 Å². The van der Waals surface area contributed by atoms with E-state index in [4.69, 9.17) is 16.3 Å². The minimum Gasteiger partial charge on any atom is -0.497 e. The second-order valence-corrected chi connectivity index (χ2v) is 5.89. The first-order valence-electron chi connectivity index (χ1n) is 7.74. The fourth-order valence-electron chi connectivity index (χ4n) is 2.27. The van der Waals surface area contributed by atoms with Gasteiger partial charge in [0.2, 0.25) is 5.95 Å². The number of aryl methyl sites for hydroxylation is 1. The van der Waals surface area contributed by atoms with Crippen molar-refractivity contribution >= 4 is 29.1 Å². The number of ether oxygens (including phenoxy) is 1. The molecular weight excluding hydrogens is 338 g/mol. The van der Waals surface area contributed by atoms with Gasteiger partial charge in [-0.3, -0.25) is 0 Å². The molecular formula is C18H18ClN5O. The molecule has 6 nitrogen and oxygen atoms in total. The molecule has 0 bridgehead atoms. The zero-order valence-corrected chi connectivity index (χ0v) is 14.7. The van der Waals surface area contributed by atoms with Gasteiger partial charge in [0.15, 0.2) is 5.82 Å². The maximum atomic E-state index is 5.97. The predicted molar refractivity (Wildman–Crippen MR) is 99.6 cm³/mol. The first kappa shape index (κ1) is 17.0. The smallest absolute Gasteiger partial charge is 0.249 e. The highest BCUT2D eigenvalue weighted by Gasteiger charge is 2.04. The maximum absolute atomic E-state index is 5.97. The Morgan fingerprint density at radius 3 is 2.64 bits per heavy atom. The molecule has 2 aromatic carbocycles. The van der Waals surface area contributed by atoms with Gasteiger partial charge >= 0.3 is 0 Å². The van der Waals surface area contributed by atoms with E-state index >= 15 is 0 Å². The molecule has 3 aromatic rings. The Hall–Kier alpha value is -2.86. The standard InChI is InChI=1S/C18H18ClN5O/c1-12-9-14(19)5-8-16(12)22-18-23-17(11-21-24-18)20-10-13-3-6-15(25-2)7-4-13/h3-9,11H,10H2,1-2H3,(H2,20,22,23,24). The Labute approximate surface area is 151 Å². The van der Waals surface area contributed by atoms with Gasteiger partial charge in [0.05, 0.1) is 13.3 Å². The third-order valence-corrected chi connectivity index (χ3v) is 3.86. The van der Waals surface area contributed by atoms with Crippen molar-refractivity contribution in [3.8, 4) is 5.75 Å². The van der Waals surface area contributed by atoms with E-state index in [1.165, 1.54) is 0 Å². The molecule has 1 heterocycles. The number of aromatic nitrogens is 3. The van der Waals surface area contributed by atoms with Gasteiger partial charge in [-0.2, -0.15) is 10.1 Å². The average Bonchev–Trinajstić information content (AvgIpc) is 2.63. The molecule has 0 aliphatic heterocycles. The van der Waals surface area contributed by atoms with E-state index < -0.39 is 0 Å². The van der Waals surface area contributed by atoms with Crippen molar-refractivity contribution in [3.63, 3.8) is 0 Å². The zero-order chi connectivity index (χ0) is 17.6. The molecule has 0 aliphatic carbocycles. The third kappa shape index (κ3) is 4.58. The van der Waals surface area contributed by atoms with Crippen molar-refractivity contribution in [3.05, 3.63) is 64.8 Å². The molecule has 1 aromatic heterocycles. The molecule has 128 valence electrons. The van der Waals surface area contributed by atoms with Crippen LogP contribution in [0.4, 0.5) is 17.5 Å². The summed E-state index contributed by atoms with van der Waals surface area (Å²) in [6.07, 6.45) is 1.59. The van der Waals surface area contributed by atoms with Crippen LogP contribution in [0.5, 0.6) is 5.75 Å². The van der Waals surface area contributed by atoms with Crippen molar-refractivity contribution in [2.75, 3.05) is 17.7 Å². The van der Waals surface area contributed by atoms with Gasteiger partial charge in [-0.1, -0.05) is 23.7 Å². The molecule has 25 heavy (non-hydrogen) atoms. The van der Waals surface area contributed by atoms with Crippen LogP contribution < -0.4 is 15.4 Å². The predicted octanol–water partition coefficient (Wildman–Crippen LogP) is 4.20. The fourth-order valence-corrected chi connectivity index (χ4v) is 2.49. The van der Waals surface area contributed by atoms with Crippen molar-refractivity contribution in [2.24, 2.45) is 0 Å². The molecule has 0 saturated carbocycles. The summed E-state index contributed by atoms with van der Waals surface area (Å²) in [5.74, 6) is 1.89. The van der Waals surface area contributed by atoms with E-state index in [1.807, 2.05) is 49.4 Å². The Kier molecular flexibility index (Phi) is 5.30. The zero-order valence-electron chi connectivity index (χ0n) is 14.0. The summed E-state index contributed by atoms with van der Waals surface area (Å²) in [4.78, 5) is 4.43. The topological polar surface area (TPSA) is 72.0 Å². The molecule has 0 amide bonds. The lowest BCUT2D eigenvalue weighted by Gasteiger charge is -2.10. The van der Waals surface area contributed by atoms with E-state index in [9.17, 15) is 0 Å². The van der Waals surface area contributed by atoms with Gasteiger partial charge in [0.25, 0.3) is 0 Å². The first-order valence-corrected chi connectivity index (χ1v) is 8.11. The molecule has 0 atom stereocenters. The highest BCUT2D eigenvalue weighted by atomic mass is 35.5. The Balaban J connectivity index is 1.66. The quantitative estimate of drug-likeness (QED) is 0.690. The van der Waals surface area contributed by atoms with Crippen LogP contribution >= 0.6 is 11.6 Å². The lowest BCUT2D eigenvalue weighted by atomic mass is 10.2. The van der Waals surface area contributed by atoms with Gasteiger partial charge < -0.3 is 15.4 Å². The third-order valence-electron chi connectivity index (χ3n) is 3.63. The molecule has 0 spiro atoms. The molecule has 7 heteroatoms. The van der Waals surface area contributed by atoms with E-state index in [1.54, 1.807) is 13.3 Å². The van der Waals surface area contributed by atoms with Gasteiger partial charge in [0, 0.05) is 17.3 Å². The van der Waals surface area contributed by atoms with E-state index in [0.717, 1.165) is 22.6 Å². The summed E-state index contributed by atoms with van der Waals surface area (Å²) in [5, 5.41) is 15.1. The van der Waals surface area contributed by atoms with Crippen LogP contribution in [0.15, 0.2) is 48.7 Å². The maximum Gasteiger partial charge on any atom is 0.249 e. The van der Waals surface area contributed by atoms with Gasteiger partial charge in [-0.05, 0) is 48.4 Å². The number of methoxy groups -OCH3 is 1. The Bertz CT molecular complexity index is 854. The summed E-state index contributed by atoms with van der Waals surface area (Å²) >= 11 is 5.97. The second-order valence-electron chi connectivity index (χ2n) is 5.45. The number of anilines is 3. The highest BCUT2D eigenvalue weighted by Crippen LogP contribution is 2.22. The van der Waals surface area contributed by atoms with Crippen molar-refractivity contribution in [2.45, 2.75) is 13.5 Å². The lowest BCUT2D eigenvalue weighted by Crippen LogP contribution is -2.06. The van der Waals surface area contributed by atoms with Gasteiger partial charge in [-0.15, -0.1) is 5.10 Å². The van der Waals surface area contributed by atoms with Crippen LogP contribution in [-0.2, 0) is 6.54 Å². The number of benzene rings is 2. The highest BCUT2D eigenvalue weighted by molar-refractivity contribution is 6.30. The fraction of sp³-hybridized carbons (Fsp3) is 0.167. The van der Waals surface area contributed by atoms with Crippen LogP contribution in [0.1, 0.15) is 11.1 Å². The number of nitrogens with one attached hydrogen (secondary N) is 2. The van der Waals surface area contributed by atoms with Crippen LogP contribution in [-0.4, -0.2) is 22.3 Å². The molecule has 2 N–H and O–H groups in total. The Morgan fingerprint density at radius 1 is 1.12 bits per heavy atom. The van der Waals surface area contributed by atoms with Gasteiger partial charge in [0.1, 0.15) is 5.75 Å². The summed E-state index contributed by atoms with van der Waals surface area (Å²) in [6.45, 7) is 2.59. The molecule has 0 fully saturated rings. The normalized spacial score (nSPS) is 10.4. The van der Waals surface area contributed by atoms with E-state index in [0.29, 0.717) is 23.3 Å². The molecule has 0 radical (unpaired) electrons. The van der Waals surface area contributed by atoms with Crippen LogP contribution in [0, 0.1) is 6.92 Å². The molecule has 0 saturated heterocycles. The number of rotatable bonds is 6. The van der Waals surface area contributed by atoms with Crippen LogP contribution in [0.25, 0.3) is 0 Å². The summed E-state index contributed by atoms with van der Waals surface area (Å²) < 4.78 is 5.15. The summed E-state index contributed by atoms with van der Waals surface area (Å²) in [5.41, 5.74) is 3.01. The monoisotopic (exact) mass is 355 g/mol. The largest absolute Gasteiger partial charge is 0.497 e. The minimum atomic E-state index is 0.421. The minimum absolute atomic E-state index is 0.421. The van der Waals surface area contributed by atoms with Crippen LogP contribution in [0.2, 0.25) is 5.02 Å². The van der Waals surface area contributed by atoms with E-state index in [2.05, 4.69) is 25.8 Å². The van der Waals surface area contributed by atoms with E-state index in [-0.39, 0.29) is 0 Å². The number of halogens is 1. The molecule has 0 aliphatic rings.